The first-order valence-electron chi connectivity index (χ1n) is 34.7. The molecule has 0 rings (SSSR count). The van der Waals surface area contributed by atoms with Crippen LogP contribution in [0.15, 0.2) is 109 Å². The van der Waals surface area contributed by atoms with E-state index in [4.69, 9.17) is 9.05 Å². The predicted octanol–water partition coefficient (Wildman–Crippen LogP) is 21.6. The van der Waals surface area contributed by atoms with Crippen LogP contribution in [0.3, 0.4) is 0 Å². The molecule has 8 nitrogen and oxygen atoms in total. The molecule has 0 aromatic carbocycles. The summed E-state index contributed by atoms with van der Waals surface area (Å²) in [7, 11) is 1.29. The number of hydrogen-bond donors (Lipinski definition) is 2. The second-order valence-electron chi connectivity index (χ2n) is 24.5. The smallest absolute Gasteiger partial charge is 0.268 e. The number of nitrogens with zero attached hydrogens (tertiary/aromatic N) is 1. The molecule has 0 aliphatic rings. The number of carbonyl (C=O) groups is 1. The van der Waals surface area contributed by atoms with Gasteiger partial charge in [-0.25, -0.2) is 0 Å². The number of aliphatic hydroxyl groups is 1. The number of carbonyl (C=O) groups excluding carboxylic acids is 1. The van der Waals surface area contributed by atoms with E-state index in [2.05, 4.69) is 129 Å². The number of phosphoric acid groups is 1. The van der Waals surface area contributed by atoms with Crippen molar-refractivity contribution in [3.63, 3.8) is 0 Å². The lowest BCUT2D eigenvalue weighted by Crippen LogP contribution is -2.46. The number of unbranched alkanes of at least 4 members (excludes halogenated alkanes) is 32. The third-order valence-corrected chi connectivity index (χ3v) is 16.2. The molecule has 9 heteroatoms. The molecule has 0 fully saturated rings. The quantitative estimate of drug-likeness (QED) is 0.0272. The Morgan fingerprint density at radius 3 is 1.07 bits per heavy atom. The molecular weight excluding hydrogens is 1040 g/mol. The van der Waals surface area contributed by atoms with Gasteiger partial charge in [0.25, 0.3) is 7.82 Å². The first-order valence-corrected chi connectivity index (χ1v) is 36.2. The monoisotopic (exact) mass is 1180 g/mol. The molecule has 0 aliphatic carbocycles. The number of rotatable bonds is 63. The number of allylic oxidation sites excluding steroid dienone is 18. The highest BCUT2D eigenvalue weighted by Crippen LogP contribution is 2.38. The normalized spacial score (nSPS) is 14.3. The molecule has 0 radical (unpaired) electrons. The van der Waals surface area contributed by atoms with Crippen molar-refractivity contribution in [2.75, 3.05) is 40.9 Å². The summed E-state index contributed by atoms with van der Waals surface area (Å²) in [6.45, 7) is 4.62. The van der Waals surface area contributed by atoms with Crippen LogP contribution in [0.4, 0.5) is 0 Å². The van der Waals surface area contributed by atoms with Gasteiger partial charge in [-0.15, -0.1) is 0 Å². The minimum absolute atomic E-state index is 0.00506. The Balaban J connectivity index is 4.13. The Morgan fingerprint density at radius 1 is 0.434 bits per heavy atom. The highest BCUT2D eigenvalue weighted by atomic mass is 31.2. The van der Waals surface area contributed by atoms with Crippen LogP contribution in [0.5, 0.6) is 0 Å². The van der Waals surface area contributed by atoms with Gasteiger partial charge in [-0.05, 0) is 83.5 Å². The maximum atomic E-state index is 13.1. The van der Waals surface area contributed by atoms with Crippen LogP contribution in [0, 0.1) is 0 Å². The van der Waals surface area contributed by atoms with E-state index in [1.54, 1.807) is 0 Å². The van der Waals surface area contributed by atoms with E-state index in [1.807, 2.05) is 21.1 Å². The highest BCUT2D eigenvalue weighted by molar-refractivity contribution is 7.45. The van der Waals surface area contributed by atoms with Crippen LogP contribution in [-0.4, -0.2) is 68.5 Å². The van der Waals surface area contributed by atoms with E-state index in [0.717, 1.165) is 109 Å². The summed E-state index contributed by atoms with van der Waals surface area (Å²) >= 11 is 0. The molecule has 0 saturated heterocycles. The van der Waals surface area contributed by atoms with Crippen molar-refractivity contribution in [3.8, 4) is 0 Å². The van der Waals surface area contributed by atoms with Crippen molar-refractivity contribution in [1.29, 1.82) is 0 Å². The lowest BCUT2D eigenvalue weighted by Gasteiger charge is -2.30. The number of phosphoric ester groups is 1. The van der Waals surface area contributed by atoms with Crippen molar-refractivity contribution in [2.45, 2.75) is 315 Å². The molecule has 0 saturated carbocycles. The van der Waals surface area contributed by atoms with Crippen LogP contribution in [-0.2, 0) is 18.4 Å². The zero-order valence-electron chi connectivity index (χ0n) is 54.9. The molecular formula is C74H133N2O6P. The van der Waals surface area contributed by atoms with Gasteiger partial charge in [-0.3, -0.25) is 9.36 Å². The fourth-order valence-electron chi connectivity index (χ4n) is 9.92. The SMILES string of the molecule is CC/C=C\C/C=C\C/C=C\C/C=C\C/C=C\C/C=C\C/C=C\C/C=C\C/C=C\CCCCCCCCCC(=O)NC(COP(=O)([O-])OCC[N+](C)(C)C)C(O)CCCCCCCCCCCCCCCCCCCCCCCCCCCC. The van der Waals surface area contributed by atoms with E-state index in [9.17, 15) is 19.4 Å². The Labute approximate surface area is 514 Å². The predicted molar refractivity (Wildman–Crippen MR) is 362 cm³/mol. The van der Waals surface area contributed by atoms with Crippen molar-refractivity contribution in [1.82, 2.24) is 5.32 Å². The largest absolute Gasteiger partial charge is 0.756 e. The Hall–Kier alpha value is -2.84. The van der Waals surface area contributed by atoms with E-state index in [0.29, 0.717) is 23.9 Å². The second-order valence-corrected chi connectivity index (χ2v) is 25.9. The molecule has 2 N–H and O–H groups in total. The van der Waals surface area contributed by atoms with Crippen LogP contribution >= 0.6 is 7.82 Å². The topological polar surface area (TPSA) is 108 Å². The average molecular weight is 1180 g/mol. The molecule has 1 amide bonds. The van der Waals surface area contributed by atoms with Gasteiger partial charge in [-0.1, -0.05) is 322 Å². The summed E-state index contributed by atoms with van der Waals surface area (Å²) < 4.78 is 23.5. The van der Waals surface area contributed by atoms with Gasteiger partial charge in [0, 0.05) is 6.42 Å². The van der Waals surface area contributed by atoms with Crippen molar-refractivity contribution >= 4 is 13.7 Å². The standard InChI is InChI=1S/C74H133N2O6P/c1-6-8-10-12-14-16-18-20-22-24-26-28-30-32-34-35-36-37-38-39-40-41-42-44-46-48-50-52-54-56-58-60-62-64-66-68-74(78)75-72(71-82-83(79,80)81-70-69-76(3,4)5)73(77)67-65-63-61-59-57-55-53-51-49-47-45-43-33-31-29-27-25-23-21-19-17-15-13-11-9-7-2/h8,10,14,16,20,22,26,28,32,34,36-37,39-40,42,44,48,50,72-73,77H,6-7,9,11-13,15,17-19,21,23-25,27,29-31,33,35,38,41,43,45-47,49,51-71H2,1-5H3,(H-,75,78,79,80)/b10-8-,16-14-,22-20-,28-26-,34-32-,37-36-,40-39-,44-42-,50-48-. The fraction of sp³-hybridized carbons (Fsp3) is 0.743. The molecule has 0 bridgehead atoms. The first-order chi connectivity index (χ1) is 40.5. The van der Waals surface area contributed by atoms with E-state index < -0.39 is 20.0 Å². The molecule has 480 valence electrons. The minimum Gasteiger partial charge on any atom is -0.756 e. The summed E-state index contributed by atoms with van der Waals surface area (Å²) in [5, 5.41) is 14.1. The average Bonchev–Trinajstić information content (AvgIpc) is 3.49. The number of likely N-dealkylation sites (N-methyl/N-ethyl adjacent to an activating group) is 1. The van der Waals surface area contributed by atoms with Crippen LogP contribution in [0.1, 0.15) is 303 Å². The van der Waals surface area contributed by atoms with Gasteiger partial charge in [0.1, 0.15) is 13.2 Å². The molecule has 0 aliphatic heterocycles. The van der Waals surface area contributed by atoms with Crippen LogP contribution in [0.25, 0.3) is 0 Å². The van der Waals surface area contributed by atoms with Crippen LogP contribution in [0.2, 0.25) is 0 Å². The van der Waals surface area contributed by atoms with Crippen molar-refractivity contribution in [2.24, 2.45) is 0 Å². The zero-order chi connectivity index (χ0) is 60.5. The van der Waals surface area contributed by atoms with Crippen molar-refractivity contribution in [3.05, 3.63) is 109 Å². The number of nitrogens with one attached hydrogen (secondary N) is 1. The van der Waals surface area contributed by atoms with E-state index in [1.165, 1.54) is 167 Å². The molecule has 0 heterocycles. The third-order valence-electron chi connectivity index (χ3n) is 15.3. The Kier molecular flexibility index (Phi) is 61.5. The lowest BCUT2D eigenvalue weighted by molar-refractivity contribution is -0.870. The number of hydrogen-bond acceptors (Lipinski definition) is 6. The molecule has 0 spiro atoms. The van der Waals surface area contributed by atoms with Gasteiger partial charge in [-0.2, -0.15) is 0 Å². The summed E-state index contributed by atoms with van der Waals surface area (Å²) in [5.74, 6) is -0.177. The molecule has 83 heavy (non-hydrogen) atoms. The lowest BCUT2D eigenvalue weighted by atomic mass is 10.0. The molecule has 3 unspecified atom stereocenters. The van der Waals surface area contributed by atoms with Crippen LogP contribution < -0.4 is 10.2 Å². The molecule has 0 aromatic rings. The van der Waals surface area contributed by atoms with Gasteiger partial charge in [0.15, 0.2) is 0 Å². The summed E-state index contributed by atoms with van der Waals surface area (Å²) in [6.07, 6.45) is 92.9. The fourth-order valence-corrected chi connectivity index (χ4v) is 10.6. The molecule has 0 aromatic heterocycles. The summed E-state index contributed by atoms with van der Waals surface area (Å²) in [5.41, 5.74) is 0. The number of aliphatic hydroxyl groups excluding tert-OH is 1. The van der Waals surface area contributed by atoms with E-state index >= 15 is 0 Å². The maximum absolute atomic E-state index is 13.1. The Bertz CT molecular complexity index is 1720. The number of amides is 1. The third kappa shape index (κ3) is 66.5. The highest BCUT2D eigenvalue weighted by Gasteiger charge is 2.24. The minimum atomic E-state index is -4.59. The van der Waals surface area contributed by atoms with E-state index in [-0.39, 0.29) is 19.1 Å². The summed E-state index contributed by atoms with van der Waals surface area (Å²) in [4.78, 5) is 25.7. The molecule has 3 atom stereocenters. The van der Waals surface area contributed by atoms with Gasteiger partial charge in [0.2, 0.25) is 5.91 Å². The van der Waals surface area contributed by atoms with Gasteiger partial charge < -0.3 is 28.8 Å². The first kappa shape index (κ1) is 80.2. The van der Waals surface area contributed by atoms with Gasteiger partial charge in [0.05, 0.1) is 39.9 Å². The number of quaternary nitrogens is 1. The van der Waals surface area contributed by atoms with Crippen molar-refractivity contribution < 1.29 is 32.9 Å². The maximum Gasteiger partial charge on any atom is 0.268 e. The Morgan fingerprint density at radius 2 is 0.735 bits per heavy atom. The van der Waals surface area contributed by atoms with Gasteiger partial charge >= 0.3 is 0 Å². The zero-order valence-corrected chi connectivity index (χ0v) is 55.8. The summed E-state index contributed by atoms with van der Waals surface area (Å²) in [6, 6.07) is -0.816. The second kappa shape index (κ2) is 63.7.